The van der Waals surface area contributed by atoms with Gasteiger partial charge in [-0.1, -0.05) is 42.0 Å². The maximum absolute atomic E-state index is 12.8. The largest absolute Gasteiger partial charge is 0.375 e. The van der Waals surface area contributed by atoms with E-state index in [-0.39, 0.29) is 12.2 Å². The molecule has 0 saturated heterocycles. The van der Waals surface area contributed by atoms with Crippen molar-refractivity contribution in [3.63, 3.8) is 0 Å². The number of Topliss-reactive ketones (excluding diaryl/α,β-unsaturated/α-hetero) is 1. The van der Waals surface area contributed by atoms with Crippen LogP contribution in [0.1, 0.15) is 40.4 Å². The maximum atomic E-state index is 12.8. The first kappa shape index (κ1) is 16.4. The lowest BCUT2D eigenvalue weighted by Crippen LogP contribution is -2.41. The van der Waals surface area contributed by atoms with E-state index in [9.17, 15) is 14.7 Å². The van der Waals surface area contributed by atoms with Crippen LogP contribution in [0.25, 0.3) is 0 Å². The van der Waals surface area contributed by atoms with Gasteiger partial charge < -0.3 is 10.0 Å². The molecule has 1 atom stereocenters. The molecule has 0 aliphatic carbocycles. The van der Waals surface area contributed by atoms with E-state index in [0.29, 0.717) is 23.4 Å². The van der Waals surface area contributed by atoms with Gasteiger partial charge in [-0.3, -0.25) is 9.59 Å². The van der Waals surface area contributed by atoms with Crippen molar-refractivity contribution < 1.29 is 14.7 Å². The van der Waals surface area contributed by atoms with Gasteiger partial charge in [0.1, 0.15) is 0 Å². The molecule has 2 aromatic rings. The molecule has 0 fully saturated rings. The fourth-order valence-corrected chi connectivity index (χ4v) is 3.45. The van der Waals surface area contributed by atoms with E-state index in [2.05, 4.69) is 0 Å². The number of fused-ring (bicyclic) bond motifs is 1. The van der Waals surface area contributed by atoms with Gasteiger partial charge in [-0.05, 0) is 32.4 Å². The number of hydrogen-bond acceptors (Lipinski definition) is 3. The van der Waals surface area contributed by atoms with Gasteiger partial charge in [-0.15, -0.1) is 0 Å². The van der Waals surface area contributed by atoms with E-state index in [0.717, 1.165) is 11.1 Å². The zero-order valence-corrected chi connectivity index (χ0v) is 14.2. The number of benzene rings is 2. The highest BCUT2D eigenvalue weighted by atomic mass is 16.3. The Morgan fingerprint density at radius 2 is 1.88 bits per heavy atom. The average Bonchev–Trinajstić information content (AvgIpc) is 2.75. The third-order valence-electron chi connectivity index (χ3n) is 4.65. The Kier molecular flexibility index (Phi) is 4.01. The Bertz CT molecular complexity index is 827. The minimum atomic E-state index is -1.79. The van der Waals surface area contributed by atoms with Gasteiger partial charge >= 0.3 is 0 Å². The first-order valence-corrected chi connectivity index (χ1v) is 8.12. The molecule has 4 heteroatoms. The van der Waals surface area contributed by atoms with Gasteiger partial charge in [0.05, 0.1) is 12.1 Å². The Hall–Kier alpha value is -2.46. The molecule has 2 aromatic carbocycles. The van der Waals surface area contributed by atoms with Gasteiger partial charge in [-0.2, -0.15) is 0 Å². The van der Waals surface area contributed by atoms with Crippen molar-refractivity contribution in [2.24, 2.45) is 0 Å². The number of hydrogen-bond donors (Lipinski definition) is 1. The van der Waals surface area contributed by atoms with E-state index in [1.807, 2.05) is 39.0 Å². The molecule has 24 heavy (non-hydrogen) atoms. The molecule has 4 nitrogen and oxygen atoms in total. The summed E-state index contributed by atoms with van der Waals surface area (Å²) in [4.78, 5) is 27.0. The summed E-state index contributed by atoms with van der Waals surface area (Å²) < 4.78 is 0. The summed E-state index contributed by atoms with van der Waals surface area (Å²) in [6.07, 6.45) is -0.247. The number of rotatable bonds is 4. The normalized spacial score (nSPS) is 19.5. The highest BCUT2D eigenvalue weighted by Crippen LogP contribution is 2.42. The average molecular weight is 323 g/mol. The van der Waals surface area contributed by atoms with Crippen LogP contribution in [0.5, 0.6) is 0 Å². The van der Waals surface area contributed by atoms with Crippen LogP contribution in [0, 0.1) is 13.8 Å². The molecule has 0 bridgehead atoms. The summed E-state index contributed by atoms with van der Waals surface area (Å²) >= 11 is 0. The number of nitrogens with zero attached hydrogens (tertiary/aromatic N) is 1. The minimum Gasteiger partial charge on any atom is -0.375 e. The molecule has 1 heterocycles. The molecule has 0 radical (unpaired) electrons. The van der Waals surface area contributed by atoms with Crippen molar-refractivity contribution in [3.8, 4) is 0 Å². The van der Waals surface area contributed by atoms with Crippen molar-refractivity contribution >= 4 is 17.4 Å². The van der Waals surface area contributed by atoms with Crippen LogP contribution in [0.15, 0.2) is 42.5 Å². The Labute approximate surface area is 141 Å². The number of ketones is 1. The number of likely N-dealkylation sites (N-methyl/N-ethyl adjacent to an activating group) is 1. The third-order valence-corrected chi connectivity index (χ3v) is 4.65. The van der Waals surface area contributed by atoms with E-state index in [4.69, 9.17) is 0 Å². The molecule has 0 aromatic heterocycles. The van der Waals surface area contributed by atoms with Crippen LogP contribution in [0.4, 0.5) is 5.69 Å². The second-order valence-electron chi connectivity index (χ2n) is 6.35. The number of para-hydroxylation sites is 1. The molecule has 124 valence electrons. The summed E-state index contributed by atoms with van der Waals surface area (Å²) in [5.41, 5.74) is 1.88. The van der Waals surface area contributed by atoms with E-state index in [1.165, 1.54) is 4.90 Å². The molecule has 0 unspecified atom stereocenters. The molecule has 0 spiro atoms. The van der Waals surface area contributed by atoms with Crippen molar-refractivity contribution in [2.45, 2.75) is 32.8 Å². The highest BCUT2D eigenvalue weighted by molar-refractivity contribution is 6.11. The van der Waals surface area contributed by atoms with Crippen LogP contribution in [0.2, 0.25) is 0 Å². The quantitative estimate of drug-likeness (QED) is 0.880. The van der Waals surface area contributed by atoms with E-state index in [1.54, 1.807) is 24.3 Å². The summed E-state index contributed by atoms with van der Waals surface area (Å²) in [5, 5.41) is 11.1. The Morgan fingerprint density at radius 3 is 2.54 bits per heavy atom. The molecule has 1 N–H and O–H groups in total. The summed E-state index contributed by atoms with van der Waals surface area (Å²) in [6, 6.07) is 12.7. The van der Waals surface area contributed by atoms with Gasteiger partial charge in [0, 0.05) is 17.7 Å². The maximum Gasteiger partial charge on any atom is 0.264 e. The lowest BCUT2D eigenvalue weighted by molar-refractivity contribution is -0.135. The molecular formula is C20H21NO3. The topological polar surface area (TPSA) is 57.6 Å². The van der Waals surface area contributed by atoms with Crippen LogP contribution in [-0.2, 0) is 10.4 Å². The Morgan fingerprint density at radius 1 is 1.17 bits per heavy atom. The molecule has 1 aliphatic heterocycles. The lowest BCUT2D eigenvalue weighted by atomic mass is 9.87. The first-order chi connectivity index (χ1) is 11.4. The zero-order chi connectivity index (χ0) is 17.5. The number of aryl methyl sites for hydroxylation is 2. The van der Waals surface area contributed by atoms with Crippen LogP contribution in [0.3, 0.4) is 0 Å². The standard InChI is InChI=1S/C20H21NO3/c1-4-21-17-8-6-5-7-16(17)20(24,19(21)23)12-18(22)15-10-9-13(2)11-14(15)3/h5-11,24H,4,12H2,1-3H3/t20-/m0/s1. The van der Waals surface area contributed by atoms with Crippen molar-refractivity contribution in [3.05, 3.63) is 64.7 Å². The van der Waals surface area contributed by atoms with Crippen LogP contribution in [-0.4, -0.2) is 23.3 Å². The third kappa shape index (κ3) is 2.43. The summed E-state index contributed by atoms with van der Waals surface area (Å²) in [6.45, 7) is 6.14. The van der Waals surface area contributed by atoms with Gasteiger partial charge in [-0.25, -0.2) is 0 Å². The number of amides is 1. The fourth-order valence-electron chi connectivity index (χ4n) is 3.45. The molecule has 3 rings (SSSR count). The molecule has 1 aliphatic rings. The number of carbonyl (C=O) groups excluding carboxylic acids is 2. The number of aliphatic hydroxyl groups is 1. The fraction of sp³-hybridized carbons (Fsp3) is 0.300. The smallest absolute Gasteiger partial charge is 0.264 e. The second kappa shape index (κ2) is 5.87. The predicted octanol–water partition coefficient (Wildman–Crippen LogP) is 3.13. The molecular weight excluding hydrogens is 302 g/mol. The van der Waals surface area contributed by atoms with E-state index >= 15 is 0 Å². The lowest BCUT2D eigenvalue weighted by Gasteiger charge is -2.22. The molecule has 0 saturated carbocycles. The Balaban J connectivity index is 1.99. The summed E-state index contributed by atoms with van der Waals surface area (Å²) in [7, 11) is 0. The second-order valence-corrected chi connectivity index (χ2v) is 6.35. The van der Waals surface area contributed by atoms with Crippen LogP contribution < -0.4 is 4.90 Å². The highest BCUT2D eigenvalue weighted by Gasteiger charge is 2.50. The van der Waals surface area contributed by atoms with Gasteiger partial charge in [0.15, 0.2) is 11.4 Å². The zero-order valence-electron chi connectivity index (χ0n) is 14.2. The van der Waals surface area contributed by atoms with Crippen molar-refractivity contribution in [1.29, 1.82) is 0 Å². The van der Waals surface area contributed by atoms with Crippen LogP contribution >= 0.6 is 0 Å². The van der Waals surface area contributed by atoms with E-state index < -0.39 is 11.5 Å². The van der Waals surface area contributed by atoms with Gasteiger partial charge in [0.25, 0.3) is 5.91 Å². The number of carbonyl (C=O) groups is 2. The van der Waals surface area contributed by atoms with Crippen molar-refractivity contribution in [2.75, 3.05) is 11.4 Å². The first-order valence-electron chi connectivity index (χ1n) is 8.12. The minimum absolute atomic E-state index is 0.226. The molecule has 1 amide bonds. The summed E-state index contributed by atoms with van der Waals surface area (Å²) in [5.74, 6) is -0.652. The predicted molar refractivity (Wildman–Crippen MR) is 93.2 cm³/mol. The SMILES string of the molecule is CCN1C(=O)[C@](O)(CC(=O)c2ccc(C)cc2C)c2ccccc21. The monoisotopic (exact) mass is 323 g/mol. The number of anilines is 1. The van der Waals surface area contributed by atoms with Gasteiger partial charge in [0.2, 0.25) is 0 Å². The van der Waals surface area contributed by atoms with Crippen molar-refractivity contribution in [1.82, 2.24) is 0 Å².